The van der Waals surface area contributed by atoms with Gasteiger partial charge in [-0.1, -0.05) is 0 Å². The molecule has 2 aliphatic heterocycles. The van der Waals surface area contributed by atoms with Crippen molar-refractivity contribution >= 4 is 11.8 Å². The lowest BCUT2D eigenvalue weighted by molar-refractivity contribution is -0.166. The molecule has 0 aromatic rings. The molecule has 3 aliphatic rings. The summed E-state index contributed by atoms with van der Waals surface area (Å²) in [6, 6.07) is -0.549. The van der Waals surface area contributed by atoms with Gasteiger partial charge < -0.3 is 14.5 Å². The van der Waals surface area contributed by atoms with E-state index >= 15 is 0 Å². The van der Waals surface area contributed by atoms with Gasteiger partial charge >= 0.3 is 0 Å². The maximum Gasteiger partial charge on any atom is 0.246 e. The summed E-state index contributed by atoms with van der Waals surface area (Å²) in [7, 11) is 1.71. The molecule has 0 radical (unpaired) electrons. The van der Waals surface area contributed by atoms with Crippen LogP contribution in [0.25, 0.3) is 0 Å². The lowest BCUT2D eigenvalue weighted by Crippen LogP contribution is -2.65. The van der Waals surface area contributed by atoms with Crippen LogP contribution in [-0.2, 0) is 14.3 Å². The molecule has 2 saturated heterocycles. The summed E-state index contributed by atoms with van der Waals surface area (Å²) in [5.41, 5.74) is -0.203. The third-order valence-electron chi connectivity index (χ3n) is 5.09. The highest BCUT2D eigenvalue weighted by Crippen LogP contribution is 2.37. The topological polar surface area (TPSA) is 49.9 Å². The summed E-state index contributed by atoms with van der Waals surface area (Å²) in [4.78, 5) is 28.4. The van der Waals surface area contributed by atoms with Crippen LogP contribution in [0.3, 0.4) is 0 Å². The van der Waals surface area contributed by atoms with Crippen molar-refractivity contribution in [3.63, 3.8) is 0 Å². The van der Waals surface area contributed by atoms with Crippen LogP contribution in [0.4, 0.5) is 0 Å². The average molecular weight is 266 g/mol. The molecule has 106 valence electrons. The molecule has 0 aromatic carbocycles. The average Bonchev–Trinajstić information content (AvgIpc) is 2.84. The van der Waals surface area contributed by atoms with Crippen LogP contribution in [-0.4, -0.2) is 59.5 Å². The number of ether oxygens (including phenoxy) is 1. The van der Waals surface area contributed by atoms with E-state index in [0.717, 1.165) is 38.6 Å². The van der Waals surface area contributed by atoms with Crippen LogP contribution in [0.5, 0.6) is 0 Å². The summed E-state index contributed by atoms with van der Waals surface area (Å²) >= 11 is 0. The number of hydrogen-bond acceptors (Lipinski definition) is 3. The van der Waals surface area contributed by atoms with Gasteiger partial charge in [-0.3, -0.25) is 9.59 Å². The predicted octanol–water partition coefficient (Wildman–Crippen LogP) is 0.777. The minimum atomic E-state index is -0.338. The first-order valence-corrected chi connectivity index (χ1v) is 7.24. The van der Waals surface area contributed by atoms with E-state index in [2.05, 4.69) is 0 Å². The number of nitrogens with zero attached hydrogens (tertiary/aromatic N) is 2. The van der Waals surface area contributed by atoms with E-state index in [4.69, 9.17) is 4.74 Å². The molecular weight excluding hydrogens is 244 g/mol. The molecule has 1 saturated carbocycles. The molecule has 19 heavy (non-hydrogen) atoms. The van der Waals surface area contributed by atoms with Crippen molar-refractivity contribution in [1.29, 1.82) is 0 Å². The zero-order valence-corrected chi connectivity index (χ0v) is 11.7. The van der Waals surface area contributed by atoms with Crippen LogP contribution >= 0.6 is 0 Å². The Bertz CT molecular complexity index is 400. The van der Waals surface area contributed by atoms with Gasteiger partial charge in [-0.15, -0.1) is 0 Å². The minimum Gasteiger partial charge on any atom is -0.376 e. The molecular formula is C14H22N2O3. The SMILES string of the molecule is COC1(CN2C(=O)C3CCCN3C(=O)C2C)CCC1. The Kier molecular flexibility index (Phi) is 3.04. The highest BCUT2D eigenvalue weighted by Gasteiger charge is 2.49. The number of piperazine rings is 1. The number of methoxy groups -OCH3 is 1. The van der Waals surface area contributed by atoms with E-state index in [0.29, 0.717) is 6.54 Å². The Labute approximate surface area is 113 Å². The van der Waals surface area contributed by atoms with Gasteiger partial charge in [0.15, 0.2) is 0 Å². The lowest BCUT2D eigenvalue weighted by Gasteiger charge is -2.48. The maximum atomic E-state index is 12.6. The zero-order valence-electron chi connectivity index (χ0n) is 11.7. The first-order chi connectivity index (χ1) is 9.08. The first kappa shape index (κ1) is 12.9. The molecule has 3 fully saturated rings. The Balaban J connectivity index is 1.80. The van der Waals surface area contributed by atoms with Crippen LogP contribution in [0.2, 0.25) is 0 Å². The highest BCUT2D eigenvalue weighted by atomic mass is 16.5. The smallest absolute Gasteiger partial charge is 0.246 e. The third-order valence-corrected chi connectivity index (χ3v) is 5.09. The number of carbonyl (C=O) groups is 2. The molecule has 5 nitrogen and oxygen atoms in total. The van der Waals surface area contributed by atoms with Crippen molar-refractivity contribution in [3.8, 4) is 0 Å². The predicted molar refractivity (Wildman–Crippen MR) is 69.5 cm³/mol. The molecule has 0 N–H and O–H groups in total. The van der Waals surface area contributed by atoms with Crippen molar-refractivity contribution in [1.82, 2.24) is 9.80 Å². The van der Waals surface area contributed by atoms with E-state index in [1.807, 2.05) is 6.92 Å². The van der Waals surface area contributed by atoms with E-state index in [1.54, 1.807) is 16.9 Å². The molecule has 0 aromatic heterocycles. The molecule has 2 atom stereocenters. The molecule has 5 heteroatoms. The standard InChI is InChI=1S/C14H22N2O3/c1-10-12(17)15-8-3-5-11(15)13(18)16(10)9-14(19-2)6-4-7-14/h10-11H,3-9H2,1-2H3. The molecule has 2 heterocycles. The highest BCUT2D eigenvalue weighted by molar-refractivity contribution is 5.97. The Hall–Kier alpha value is -1.10. The van der Waals surface area contributed by atoms with E-state index in [9.17, 15) is 9.59 Å². The van der Waals surface area contributed by atoms with Crippen molar-refractivity contribution in [2.24, 2.45) is 0 Å². The van der Waals surface area contributed by atoms with Gasteiger partial charge in [0, 0.05) is 13.7 Å². The molecule has 0 spiro atoms. The number of rotatable bonds is 3. The lowest BCUT2D eigenvalue weighted by atomic mass is 9.79. The zero-order chi connectivity index (χ0) is 13.6. The van der Waals surface area contributed by atoms with Crippen molar-refractivity contribution in [3.05, 3.63) is 0 Å². The Morgan fingerprint density at radius 3 is 2.58 bits per heavy atom. The van der Waals surface area contributed by atoms with Crippen molar-refractivity contribution < 1.29 is 14.3 Å². The van der Waals surface area contributed by atoms with Gasteiger partial charge in [0.2, 0.25) is 11.8 Å². The summed E-state index contributed by atoms with van der Waals surface area (Å²) in [5, 5.41) is 0. The molecule has 2 amide bonds. The normalized spacial score (nSPS) is 33.4. The summed E-state index contributed by atoms with van der Waals surface area (Å²) in [6.45, 7) is 3.15. The second kappa shape index (κ2) is 4.47. The second-order valence-corrected chi connectivity index (χ2v) is 6.07. The Morgan fingerprint density at radius 2 is 2.00 bits per heavy atom. The summed E-state index contributed by atoms with van der Waals surface area (Å²) in [5.74, 6) is 0.223. The number of hydrogen-bond donors (Lipinski definition) is 0. The number of carbonyl (C=O) groups excluding carboxylic acids is 2. The van der Waals surface area contributed by atoms with E-state index < -0.39 is 0 Å². The van der Waals surface area contributed by atoms with Crippen LogP contribution in [0.15, 0.2) is 0 Å². The third kappa shape index (κ3) is 1.86. The fourth-order valence-corrected chi connectivity index (χ4v) is 3.57. The van der Waals surface area contributed by atoms with Crippen molar-refractivity contribution in [2.45, 2.75) is 56.7 Å². The first-order valence-electron chi connectivity index (χ1n) is 7.24. The van der Waals surface area contributed by atoms with Crippen LogP contribution in [0, 0.1) is 0 Å². The van der Waals surface area contributed by atoms with Gasteiger partial charge in [0.25, 0.3) is 0 Å². The van der Waals surface area contributed by atoms with Crippen molar-refractivity contribution in [2.75, 3.05) is 20.2 Å². The molecule has 1 aliphatic carbocycles. The maximum absolute atomic E-state index is 12.6. The van der Waals surface area contributed by atoms with Gasteiger partial charge in [0.05, 0.1) is 12.1 Å². The van der Waals surface area contributed by atoms with Crippen LogP contribution in [0.1, 0.15) is 39.0 Å². The number of fused-ring (bicyclic) bond motifs is 1. The fraction of sp³-hybridized carbons (Fsp3) is 0.857. The van der Waals surface area contributed by atoms with Gasteiger partial charge in [0.1, 0.15) is 12.1 Å². The largest absolute Gasteiger partial charge is 0.376 e. The van der Waals surface area contributed by atoms with Gasteiger partial charge in [-0.05, 0) is 39.0 Å². The minimum absolute atomic E-state index is 0.104. The Morgan fingerprint density at radius 1 is 1.26 bits per heavy atom. The molecule has 3 rings (SSSR count). The van der Waals surface area contributed by atoms with E-state index in [1.165, 1.54) is 0 Å². The van der Waals surface area contributed by atoms with Crippen LogP contribution < -0.4 is 0 Å². The molecule has 0 bridgehead atoms. The van der Waals surface area contributed by atoms with Gasteiger partial charge in [-0.25, -0.2) is 0 Å². The number of amides is 2. The van der Waals surface area contributed by atoms with Gasteiger partial charge in [-0.2, -0.15) is 0 Å². The summed E-state index contributed by atoms with van der Waals surface area (Å²) < 4.78 is 5.60. The monoisotopic (exact) mass is 266 g/mol. The second-order valence-electron chi connectivity index (χ2n) is 6.07. The summed E-state index contributed by atoms with van der Waals surface area (Å²) in [6.07, 6.45) is 4.88. The quantitative estimate of drug-likeness (QED) is 0.758. The fourth-order valence-electron chi connectivity index (χ4n) is 3.57. The van der Waals surface area contributed by atoms with E-state index in [-0.39, 0.29) is 29.5 Å². The molecule has 2 unspecified atom stereocenters.